The molecule has 0 fully saturated rings. The van der Waals surface area contributed by atoms with Gasteiger partial charge in [-0.15, -0.1) is 0 Å². The third kappa shape index (κ3) is 5.04. The van der Waals surface area contributed by atoms with E-state index in [2.05, 4.69) is 32.0 Å². The molecule has 0 heterocycles. The molecule has 1 nitrogen and oxygen atoms in total. The largest absolute Gasteiger partial charge is 0.647 e. The summed E-state index contributed by atoms with van der Waals surface area (Å²) in [5, 5.41) is 0. The minimum Gasteiger partial charge on any atom is -0.647 e. The molecule has 0 aliphatic heterocycles. The maximum atomic E-state index is 5.78. The van der Waals surface area contributed by atoms with Gasteiger partial charge in [0.15, 0.2) is 0 Å². The molecule has 0 bridgehead atoms. The summed E-state index contributed by atoms with van der Waals surface area (Å²) < 4.78 is 5.78. The van der Waals surface area contributed by atoms with Crippen LogP contribution in [0.3, 0.4) is 0 Å². The molecule has 0 aromatic heterocycles. The highest BCUT2D eigenvalue weighted by atomic mass is 27.1. The van der Waals surface area contributed by atoms with Crippen LogP contribution in [-0.4, -0.2) is 16.6 Å². The Hall–Kier alpha value is -0.448. The second-order valence-corrected chi connectivity index (χ2v) is 5.43. The monoisotopic (exact) mass is 262 g/mol. The Morgan fingerprint density at radius 1 is 0.889 bits per heavy atom. The molecule has 0 saturated carbocycles. The maximum Gasteiger partial charge on any atom is 0.496 e. The Morgan fingerprint density at radius 2 is 1.39 bits per heavy atom. The van der Waals surface area contributed by atoms with Crippen LogP contribution in [0.5, 0.6) is 5.75 Å². The molecule has 0 radical (unpaired) electrons. The van der Waals surface area contributed by atoms with Crippen LogP contribution in [0.1, 0.15) is 63.5 Å². The summed E-state index contributed by atoms with van der Waals surface area (Å²) in [6.45, 7) is 4.51. The van der Waals surface area contributed by atoms with E-state index in [1.54, 1.807) is 0 Å². The van der Waals surface area contributed by atoms with Crippen molar-refractivity contribution in [2.24, 2.45) is 0 Å². The first-order valence-electron chi connectivity index (χ1n) is 7.48. The molecule has 0 saturated heterocycles. The van der Waals surface area contributed by atoms with Gasteiger partial charge in [0, 0.05) is 0 Å². The quantitative estimate of drug-likeness (QED) is 0.481. The average molecular weight is 262 g/mol. The van der Waals surface area contributed by atoms with Gasteiger partial charge in [0.1, 0.15) is 0 Å². The van der Waals surface area contributed by atoms with Gasteiger partial charge in [-0.25, -0.2) is 0 Å². The summed E-state index contributed by atoms with van der Waals surface area (Å²) in [5.74, 6) is 1.20. The van der Waals surface area contributed by atoms with Crippen molar-refractivity contribution in [1.29, 1.82) is 0 Å². The van der Waals surface area contributed by atoms with Crippen molar-refractivity contribution in [3.05, 3.63) is 29.3 Å². The molecular formula is C16H27AlO. The van der Waals surface area contributed by atoms with E-state index in [0.717, 1.165) is 16.6 Å². The zero-order valence-electron chi connectivity index (χ0n) is 12.3. The third-order valence-corrected chi connectivity index (χ3v) is 3.89. The fourth-order valence-electron chi connectivity index (χ4n) is 2.42. The average Bonchev–Trinajstić information content (AvgIpc) is 2.39. The van der Waals surface area contributed by atoms with Crippen LogP contribution in [0.25, 0.3) is 0 Å². The summed E-state index contributed by atoms with van der Waals surface area (Å²) in [7, 11) is 0. The normalized spacial score (nSPS) is 10.6. The second kappa shape index (κ2) is 9.48. The van der Waals surface area contributed by atoms with Gasteiger partial charge in [-0.2, -0.15) is 0 Å². The number of rotatable bonds is 9. The van der Waals surface area contributed by atoms with Crippen molar-refractivity contribution in [3.63, 3.8) is 0 Å². The highest BCUT2D eigenvalue weighted by molar-refractivity contribution is 6.00. The molecule has 0 aliphatic carbocycles. The molecule has 0 aliphatic rings. The van der Waals surface area contributed by atoms with Gasteiger partial charge in [0.05, 0.1) is 5.75 Å². The van der Waals surface area contributed by atoms with Crippen LogP contribution in [0.15, 0.2) is 18.2 Å². The molecule has 0 spiro atoms. The summed E-state index contributed by atoms with van der Waals surface area (Å²) in [6, 6.07) is 6.69. The van der Waals surface area contributed by atoms with Gasteiger partial charge in [0.2, 0.25) is 0 Å². The first kappa shape index (κ1) is 15.6. The van der Waals surface area contributed by atoms with Crippen molar-refractivity contribution >= 4 is 16.6 Å². The van der Waals surface area contributed by atoms with Gasteiger partial charge in [-0.05, 0) is 36.8 Å². The number of benzene rings is 1. The minimum absolute atomic E-state index is 0.793. The number of aryl methyl sites for hydroxylation is 2. The minimum atomic E-state index is 0.793. The van der Waals surface area contributed by atoms with Crippen molar-refractivity contribution < 1.29 is 3.79 Å². The van der Waals surface area contributed by atoms with E-state index >= 15 is 0 Å². The van der Waals surface area contributed by atoms with E-state index < -0.39 is 0 Å². The topological polar surface area (TPSA) is 9.23 Å². The van der Waals surface area contributed by atoms with Crippen molar-refractivity contribution in [1.82, 2.24) is 0 Å². The van der Waals surface area contributed by atoms with Gasteiger partial charge in [-0.3, -0.25) is 0 Å². The summed E-state index contributed by atoms with van der Waals surface area (Å²) in [6.07, 6.45) is 10.1. The van der Waals surface area contributed by atoms with Crippen LogP contribution in [0.4, 0.5) is 0 Å². The van der Waals surface area contributed by atoms with Crippen LogP contribution in [0.2, 0.25) is 0 Å². The van der Waals surface area contributed by atoms with E-state index in [1.165, 1.54) is 68.2 Å². The number of hydrogen-bond acceptors (Lipinski definition) is 1. The second-order valence-electron chi connectivity index (χ2n) is 5.02. The van der Waals surface area contributed by atoms with Gasteiger partial charge >= 0.3 is 16.6 Å². The van der Waals surface area contributed by atoms with Crippen molar-refractivity contribution in [3.8, 4) is 5.75 Å². The lowest BCUT2D eigenvalue weighted by atomic mass is 9.99. The molecule has 0 atom stereocenters. The maximum absolute atomic E-state index is 5.78. The van der Waals surface area contributed by atoms with Crippen LogP contribution in [-0.2, 0) is 12.8 Å². The Kier molecular flexibility index (Phi) is 8.22. The van der Waals surface area contributed by atoms with E-state index in [0.29, 0.717) is 0 Å². The van der Waals surface area contributed by atoms with E-state index in [9.17, 15) is 0 Å². The van der Waals surface area contributed by atoms with E-state index in [-0.39, 0.29) is 0 Å². The lowest BCUT2D eigenvalue weighted by Crippen LogP contribution is -1.99. The third-order valence-electron chi connectivity index (χ3n) is 3.48. The summed E-state index contributed by atoms with van der Waals surface area (Å²) >= 11 is 0.793. The Morgan fingerprint density at radius 3 is 1.78 bits per heavy atom. The Balaban J connectivity index is 2.68. The highest BCUT2D eigenvalue weighted by Crippen LogP contribution is 2.26. The first-order chi connectivity index (χ1) is 8.83. The number of unbranched alkanes of at least 4 members (excludes halogenated alkanes) is 4. The molecule has 0 amide bonds. The summed E-state index contributed by atoms with van der Waals surface area (Å²) in [5.41, 5.74) is 2.85. The smallest absolute Gasteiger partial charge is 0.496 e. The van der Waals surface area contributed by atoms with Gasteiger partial charge < -0.3 is 3.79 Å². The lowest BCUT2D eigenvalue weighted by Gasteiger charge is -2.15. The molecule has 100 valence electrons. The van der Waals surface area contributed by atoms with Crippen LogP contribution < -0.4 is 3.79 Å². The van der Waals surface area contributed by atoms with Crippen molar-refractivity contribution in [2.45, 2.75) is 65.2 Å². The molecule has 1 rings (SSSR count). The standard InChI is InChI=1S/C16H26O.Al.2H/c1-3-5-7-10-14-12-9-13-15(16(14)17)11-8-6-4-2;;;/h9,12-13,17H,3-8,10-11H2,1-2H3;;;/q;+1;;/p-1. The predicted octanol–water partition coefficient (Wildman–Crippen LogP) is 4.08. The number of hydrogen-bond donors (Lipinski definition) is 0. The lowest BCUT2D eigenvalue weighted by molar-refractivity contribution is 0.582. The van der Waals surface area contributed by atoms with Crippen LogP contribution >= 0.6 is 0 Å². The Labute approximate surface area is 121 Å². The zero-order valence-corrected chi connectivity index (χ0v) is 14.3. The molecular weight excluding hydrogens is 235 g/mol. The van der Waals surface area contributed by atoms with E-state index in [1.807, 2.05) is 0 Å². The molecule has 2 heteroatoms. The molecule has 1 aromatic rings. The molecule has 1 aromatic carbocycles. The predicted molar refractivity (Wildman–Crippen MR) is 82.1 cm³/mol. The fourth-order valence-corrected chi connectivity index (χ4v) is 2.95. The SMILES string of the molecule is CCCCCc1cccc(CCCCC)c1[O][AlH2]. The highest BCUT2D eigenvalue weighted by Gasteiger charge is 2.07. The first-order valence-corrected chi connectivity index (χ1v) is 8.29. The number of para-hydroxylation sites is 1. The van der Waals surface area contributed by atoms with Gasteiger partial charge in [-0.1, -0.05) is 57.7 Å². The Bertz CT molecular complexity index is 308. The van der Waals surface area contributed by atoms with Crippen molar-refractivity contribution in [2.75, 3.05) is 0 Å². The molecule has 0 N–H and O–H groups in total. The summed E-state index contributed by atoms with van der Waals surface area (Å²) in [4.78, 5) is 0. The van der Waals surface area contributed by atoms with E-state index in [4.69, 9.17) is 3.79 Å². The molecule has 18 heavy (non-hydrogen) atoms. The molecule has 0 unspecified atom stereocenters. The zero-order chi connectivity index (χ0) is 13.2. The van der Waals surface area contributed by atoms with Crippen LogP contribution in [0, 0.1) is 0 Å². The fraction of sp³-hybridized carbons (Fsp3) is 0.625. The van der Waals surface area contributed by atoms with Gasteiger partial charge in [0.25, 0.3) is 0 Å².